The van der Waals surface area contributed by atoms with Crippen LogP contribution in [0.4, 0.5) is 0 Å². The van der Waals surface area contributed by atoms with Gasteiger partial charge in [0, 0.05) is 6.54 Å². The number of rotatable bonds is 5. The minimum absolute atomic E-state index is 0.421. The van der Waals surface area contributed by atoms with Crippen molar-refractivity contribution in [3.05, 3.63) is 27.0 Å². The minimum atomic E-state index is -0.696. The molecular weight excluding hydrogens is 234 g/mol. The number of thioether (sulfide) groups is 2. The number of aromatic nitrogens is 3. The Morgan fingerprint density at radius 1 is 1.47 bits per heavy atom. The Bertz CT molecular complexity index is 411. The SMILES string of the molecule is CSC(CCn1[c]n[nH]c(=O)c1=O)SC. The Balaban J connectivity index is 2.70. The van der Waals surface area contributed by atoms with Gasteiger partial charge in [0.1, 0.15) is 0 Å². The van der Waals surface area contributed by atoms with Gasteiger partial charge >= 0.3 is 11.1 Å². The second kappa shape index (κ2) is 6.02. The summed E-state index contributed by atoms with van der Waals surface area (Å²) in [5, 5.41) is 5.51. The van der Waals surface area contributed by atoms with Gasteiger partial charge in [0.15, 0.2) is 0 Å². The Kier molecular flexibility index (Phi) is 4.97. The average Bonchev–Trinajstić information content (AvgIpc) is 2.25. The van der Waals surface area contributed by atoms with Crippen molar-refractivity contribution in [3.63, 3.8) is 0 Å². The first-order valence-electron chi connectivity index (χ1n) is 4.32. The number of nitrogens with zero attached hydrogens (tertiary/aromatic N) is 2. The van der Waals surface area contributed by atoms with E-state index in [4.69, 9.17) is 0 Å². The molecule has 15 heavy (non-hydrogen) atoms. The maximum atomic E-state index is 11.3. The summed E-state index contributed by atoms with van der Waals surface area (Å²) in [4.78, 5) is 22.2. The molecule has 1 aromatic rings. The molecule has 0 aromatic carbocycles. The fraction of sp³-hybridized carbons (Fsp3) is 0.625. The lowest BCUT2D eigenvalue weighted by Gasteiger charge is -2.10. The zero-order valence-corrected chi connectivity index (χ0v) is 10.2. The Labute approximate surface area is 95.7 Å². The van der Waals surface area contributed by atoms with E-state index in [0.29, 0.717) is 11.1 Å². The number of H-pyrrole nitrogens is 1. The second-order valence-electron chi connectivity index (χ2n) is 2.80. The van der Waals surface area contributed by atoms with Crippen LogP contribution in [0.3, 0.4) is 0 Å². The summed E-state index contributed by atoms with van der Waals surface area (Å²) in [5.41, 5.74) is -1.29. The number of aromatic amines is 1. The molecule has 0 saturated heterocycles. The van der Waals surface area contributed by atoms with Crippen LogP contribution in [0.5, 0.6) is 0 Å². The van der Waals surface area contributed by atoms with Crippen LogP contribution in [0, 0.1) is 6.33 Å². The van der Waals surface area contributed by atoms with Crippen molar-refractivity contribution in [2.45, 2.75) is 17.5 Å². The maximum absolute atomic E-state index is 11.3. The molecule has 0 aliphatic rings. The van der Waals surface area contributed by atoms with Gasteiger partial charge in [0.2, 0.25) is 6.33 Å². The Morgan fingerprint density at radius 3 is 2.73 bits per heavy atom. The van der Waals surface area contributed by atoms with E-state index in [1.807, 2.05) is 12.5 Å². The molecule has 0 saturated carbocycles. The zero-order valence-electron chi connectivity index (χ0n) is 8.52. The Hall–Kier alpha value is -0.690. The van der Waals surface area contributed by atoms with E-state index < -0.39 is 11.1 Å². The first kappa shape index (κ1) is 12.4. The maximum Gasteiger partial charge on any atom is 0.330 e. The molecule has 1 rings (SSSR count). The summed E-state index contributed by atoms with van der Waals surface area (Å²) in [7, 11) is 0. The van der Waals surface area contributed by atoms with E-state index in [1.54, 1.807) is 23.5 Å². The lowest BCUT2D eigenvalue weighted by Crippen LogP contribution is -2.37. The Morgan fingerprint density at radius 2 is 2.13 bits per heavy atom. The van der Waals surface area contributed by atoms with E-state index in [9.17, 15) is 9.59 Å². The van der Waals surface area contributed by atoms with Gasteiger partial charge in [-0.2, -0.15) is 28.6 Å². The van der Waals surface area contributed by atoms with Crippen LogP contribution in [0.2, 0.25) is 0 Å². The summed E-state index contributed by atoms with van der Waals surface area (Å²) in [6.45, 7) is 0.474. The molecule has 7 heteroatoms. The monoisotopic (exact) mass is 246 g/mol. The summed E-state index contributed by atoms with van der Waals surface area (Å²) in [6.07, 6.45) is 7.31. The van der Waals surface area contributed by atoms with Crippen LogP contribution in [0.15, 0.2) is 9.59 Å². The highest BCUT2D eigenvalue weighted by Gasteiger charge is 2.07. The van der Waals surface area contributed by atoms with Gasteiger partial charge in [-0.3, -0.25) is 14.2 Å². The van der Waals surface area contributed by atoms with Crippen molar-refractivity contribution in [1.82, 2.24) is 14.8 Å². The molecule has 0 fully saturated rings. The van der Waals surface area contributed by atoms with E-state index >= 15 is 0 Å². The number of nitrogens with one attached hydrogen (secondary N) is 1. The van der Waals surface area contributed by atoms with Crippen LogP contribution >= 0.6 is 23.5 Å². The molecule has 0 unspecified atom stereocenters. The summed E-state index contributed by atoms with van der Waals surface area (Å²) in [5.74, 6) is 0. The van der Waals surface area contributed by atoms with Crippen LogP contribution in [0.1, 0.15) is 6.42 Å². The first-order valence-corrected chi connectivity index (χ1v) is 6.89. The molecule has 0 atom stereocenters. The minimum Gasteiger partial charge on any atom is -0.284 e. The largest absolute Gasteiger partial charge is 0.330 e. The predicted octanol–water partition coefficient (Wildman–Crippen LogP) is 0.174. The standard InChI is InChI=1S/C8H12N3O2S2/c1-14-6(15-2)3-4-11-5-9-10-7(12)8(11)13/h6H,3-4H2,1-2H3,(H,10,12). The van der Waals surface area contributed by atoms with E-state index in [-0.39, 0.29) is 0 Å². The third kappa shape index (κ3) is 3.42. The third-order valence-corrected chi connectivity index (χ3v) is 4.56. The van der Waals surface area contributed by atoms with Crippen LogP contribution in [-0.2, 0) is 6.54 Å². The lowest BCUT2D eigenvalue weighted by molar-refractivity contribution is 0.607. The molecule has 83 valence electrons. The normalized spacial score (nSPS) is 10.9. The van der Waals surface area contributed by atoms with E-state index in [1.165, 1.54) is 4.57 Å². The topological polar surface area (TPSA) is 67.8 Å². The third-order valence-electron chi connectivity index (χ3n) is 1.88. The van der Waals surface area contributed by atoms with E-state index in [2.05, 4.69) is 16.5 Å². The van der Waals surface area contributed by atoms with Gasteiger partial charge in [-0.25, -0.2) is 5.10 Å². The molecule has 1 radical (unpaired) electrons. The highest BCUT2D eigenvalue weighted by molar-refractivity contribution is 8.16. The van der Waals surface area contributed by atoms with Crippen molar-refractivity contribution in [3.8, 4) is 0 Å². The fourth-order valence-corrected chi connectivity index (χ4v) is 2.52. The first-order chi connectivity index (χ1) is 7.19. The number of hydrogen-bond acceptors (Lipinski definition) is 5. The lowest BCUT2D eigenvalue weighted by atomic mass is 10.4. The highest BCUT2D eigenvalue weighted by atomic mass is 32.2. The fourth-order valence-electron chi connectivity index (χ4n) is 1.07. The van der Waals surface area contributed by atoms with Crippen LogP contribution in [0.25, 0.3) is 0 Å². The second-order valence-corrected chi connectivity index (χ2v) is 5.18. The molecule has 0 aliphatic carbocycles. The summed E-state index contributed by atoms with van der Waals surface area (Å²) < 4.78 is 1.64. The molecule has 0 bridgehead atoms. The van der Waals surface area contributed by atoms with Gasteiger partial charge in [-0.15, -0.1) is 0 Å². The molecular formula is C8H12N3O2S2. The molecule has 0 aliphatic heterocycles. The quantitative estimate of drug-likeness (QED) is 0.593. The zero-order chi connectivity index (χ0) is 11.3. The molecule has 1 heterocycles. The van der Waals surface area contributed by atoms with Gasteiger partial charge in [0.25, 0.3) is 0 Å². The van der Waals surface area contributed by atoms with Crippen LogP contribution < -0.4 is 11.1 Å². The molecule has 0 amide bonds. The van der Waals surface area contributed by atoms with Gasteiger partial charge in [0.05, 0.1) is 4.58 Å². The van der Waals surface area contributed by atoms with Crippen molar-refractivity contribution in [2.75, 3.05) is 12.5 Å². The predicted molar refractivity (Wildman–Crippen MR) is 63.4 cm³/mol. The van der Waals surface area contributed by atoms with Gasteiger partial charge < -0.3 is 0 Å². The van der Waals surface area contributed by atoms with Crippen molar-refractivity contribution >= 4 is 23.5 Å². The van der Waals surface area contributed by atoms with Gasteiger partial charge in [-0.1, -0.05) is 0 Å². The number of aryl methyl sites for hydroxylation is 1. The molecule has 0 spiro atoms. The van der Waals surface area contributed by atoms with Crippen molar-refractivity contribution < 1.29 is 0 Å². The average molecular weight is 246 g/mol. The highest BCUT2D eigenvalue weighted by Crippen LogP contribution is 2.21. The number of hydrogen-bond donors (Lipinski definition) is 1. The molecule has 1 aromatic heterocycles. The summed E-state index contributed by atoms with van der Waals surface area (Å²) in [6, 6.07) is 0. The molecule has 5 nitrogen and oxygen atoms in total. The van der Waals surface area contributed by atoms with Crippen LogP contribution in [-0.4, -0.2) is 31.9 Å². The van der Waals surface area contributed by atoms with Gasteiger partial charge in [-0.05, 0) is 18.9 Å². The van der Waals surface area contributed by atoms with E-state index in [0.717, 1.165) is 6.42 Å². The smallest absolute Gasteiger partial charge is 0.284 e. The summed E-state index contributed by atoms with van der Waals surface area (Å²) >= 11 is 3.45. The van der Waals surface area contributed by atoms with Crippen molar-refractivity contribution in [2.24, 2.45) is 0 Å². The molecule has 1 N–H and O–H groups in total. The van der Waals surface area contributed by atoms with Crippen molar-refractivity contribution in [1.29, 1.82) is 0 Å².